The highest BCUT2D eigenvalue weighted by molar-refractivity contribution is 5.45. The van der Waals surface area contributed by atoms with E-state index in [1.54, 1.807) is 12.1 Å². The minimum absolute atomic E-state index is 0.133. The average Bonchev–Trinajstić information content (AvgIpc) is 2.14. The Morgan fingerprint density at radius 3 is 2.19 bits per heavy atom. The lowest BCUT2D eigenvalue weighted by atomic mass is 9.81. The first kappa shape index (κ1) is 12.7. The van der Waals surface area contributed by atoms with Gasteiger partial charge in [-0.25, -0.2) is 4.39 Å². The van der Waals surface area contributed by atoms with Crippen molar-refractivity contribution in [2.75, 3.05) is 0 Å². The standard InChI is InChI=1S/C14H18FN/c1-9(2)11-7-6-10(8-16)12(13(11)15)14(3,4)5/h6-7,9H,1-5H3. The SMILES string of the molecule is CC(C)c1ccc(C#N)c(C(C)(C)C)c1F. The molecular weight excluding hydrogens is 201 g/mol. The van der Waals surface area contributed by atoms with Crippen LogP contribution in [0.2, 0.25) is 0 Å². The molecule has 0 saturated carbocycles. The number of nitriles is 1. The lowest BCUT2D eigenvalue weighted by Gasteiger charge is -2.23. The lowest BCUT2D eigenvalue weighted by Crippen LogP contribution is -2.17. The fourth-order valence-electron chi connectivity index (χ4n) is 1.86. The third-order valence-corrected chi connectivity index (χ3v) is 2.66. The van der Waals surface area contributed by atoms with E-state index in [0.717, 1.165) is 0 Å². The van der Waals surface area contributed by atoms with Gasteiger partial charge in [0, 0.05) is 5.56 Å². The normalized spacial score (nSPS) is 11.6. The van der Waals surface area contributed by atoms with Crippen LogP contribution in [0.15, 0.2) is 12.1 Å². The highest BCUT2D eigenvalue weighted by atomic mass is 19.1. The first-order valence-corrected chi connectivity index (χ1v) is 5.52. The van der Waals surface area contributed by atoms with Crippen molar-refractivity contribution < 1.29 is 4.39 Å². The topological polar surface area (TPSA) is 23.8 Å². The molecule has 1 aromatic rings. The first-order valence-electron chi connectivity index (χ1n) is 5.52. The van der Waals surface area contributed by atoms with Crippen molar-refractivity contribution in [1.82, 2.24) is 0 Å². The summed E-state index contributed by atoms with van der Waals surface area (Å²) < 4.78 is 14.3. The van der Waals surface area contributed by atoms with Crippen LogP contribution in [0.5, 0.6) is 0 Å². The molecule has 0 amide bonds. The summed E-state index contributed by atoms with van der Waals surface area (Å²) >= 11 is 0. The molecule has 0 saturated heterocycles. The van der Waals surface area contributed by atoms with E-state index < -0.39 is 0 Å². The van der Waals surface area contributed by atoms with Gasteiger partial charge in [-0.3, -0.25) is 0 Å². The molecule has 86 valence electrons. The molecule has 0 bridgehead atoms. The smallest absolute Gasteiger partial charge is 0.131 e. The Hall–Kier alpha value is -1.36. The van der Waals surface area contributed by atoms with E-state index in [9.17, 15) is 4.39 Å². The van der Waals surface area contributed by atoms with Crippen LogP contribution in [0.4, 0.5) is 4.39 Å². The van der Waals surface area contributed by atoms with Crippen LogP contribution in [0.3, 0.4) is 0 Å². The predicted molar refractivity (Wildman–Crippen MR) is 63.9 cm³/mol. The van der Waals surface area contributed by atoms with Crippen LogP contribution in [0.25, 0.3) is 0 Å². The molecule has 16 heavy (non-hydrogen) atoms. The highest BCUT2D eigenvalue weighted by Gasteiger charge is 2.25. The van der Waals surface area contributed by atoms with Gasteiger partial charge in [-0.05, 0) is 23.0 Å². The Labute approximate surface area is 96.9 Å². The van der Waals surface area contributed by atoms with Gasteiger partial charge in [0.15, 0.2) is 0 Å². The second kappa shape index (κ2) is 4.25. The van der Waals surface area contributed by atoms with Crippen LogP contribution >= 0.6 is 0 Å². The summed E-state index contributed by atoms with van der Waals surface area (Å²) in [6.07, 6.45) is 0. The van der Waals surface area contributed by atoms with Crippen molar-refractivity contribution in [1.29, 1.82) is 5.26 Å². The molecule has 0 atom stereocenters. The monoisotopic (exact) mass is 219 g/mol. The molecule has 0 unspecified atom stereocenters. The third-order valence-electron chi connectivity index (χ3n) is 2.66. The quantitative estimate of drug-likeness (QED) is 0.697. The van der Waals surface area contributed by atoms with E-state index >= 15 is 0 Å². The largest absolute Gasteiger partial charge is 0.206 e. The number of rotatable bonds is 1. The number of hydrogen-bond donors (Lipinski definition) is 0. The van der Waals surface area contributed by atoms with E-state index in [2.05, 4.69) is 6.07 Å². The summed E-state index contributed by atoms with van der Waals surface area (Å²) in [7, 11) is 0. The molecule has 0 spiro atoms. The zero-order valence-corrected chi connectivity index (χ0v) is 10.6. The van der Waals surface area contributed by atoms with Gasteiger partial charge in [0.1, 0.15) is 5.82 Å². The van der Waals surface area contributed by atoms with Crippen molar-refractivity contribution in [3.8, 4) is 6.07 Å². The highest BCUT2D eigenvalue weighted by Crippen LogP contribution is 2.32. The van der Waals surface area contributed by atoms with Crippen LogP contribution < -0.4 is 0 Å². The molecule has 0 aromatic heterocycles. The van der Waals surface area contributed by atoms with E-state index in [0.29, 0.717) is 16.7 Å². The zero-order chi connectivity index (χ0) is 12.5. The first-order chi connectivity index (χ1) is 7.29. The summed E-state index contributed by atoms with van der Waals surface area (Å²) in [5, 5.41) is 9.02. The van der Waals surface area contributed by atoms with Crippen LogP contribution in [0, 0.1) is 17.1 Å². The molecule has 0 radical (unpaired) electrons. The second-order valence-electron chi connectivity index (χ2n) is 5.41. The minimum atomic E-state index is -0.347. The Bertz CT molecular complexity index is 433. The number of hydrogen-bond acceptors (Lipinski definition) is 1. The van der Waals surface area contributed by atoms with Gasteiger partial charge in [-0.15, -0.1) is 0 Å². The van der Waals surface area contributed by atoms with Crippen molar-refractivity contribution in [2.24, 2.45) is 0 Å². The number of nitrogens with zero attached hydrogens (tertiary/aromatic N) is 1. The van der Waals surface area contributed by atoms with Gasteiger partial charge in [0.2, 0.25) is 0 Å². The van der Waals surface area contributed by atoms with Gasteiger partial charge in [-0.2, -0.15) is 5.26 Å². The fraction of sp³-hybridized carbons (Fsp3) is 0.500. The van der Waals surface area contributed by atoms with Gasteiger partial charge < -0.3 is 0 Å². The number of halogens is 1. The maximum absolute atomic E-state index is 14.3. The molecule has 0 aliphatic carbocycles. The summed E-state index contributed by atoms with van der Waals surface area (Å²) in [6.45, 7) is 9.69. The Balaban J connectivity index is 3.55. The predicted octanol–water partition coefficient (Wildman–Crippen LogP) is 4.12. The molecule has 0 heterocycles. The van der Waals surface area contributed by atoms with Gasteiger partial charge in [0.25, 0.3) is 0 Å². The molecule has 1 nitrogen and oxygen atoms in total. The average molecular weight is 219 g/mol. The zero-order valence-electron chi connectivity index (χ0n) is 10.6. The van der Waals surface area contributed by atoms with E-state index in [4.69, 9.17) is 5.26 Å². The summed E-state index contributed by atoms with van der Waals surface area (Å²) in [4.78, 5) is 0. The fourth-order valence-corrected chi connectivity index (χ4v) is 1.86. The van der Waals surface area contributed by atoms with E-state index in [-0.39, 0.29) is 17.2 Å². The second-order valence-corrected chi connectivity index (χ2v) is 5.41. The Kier molecular flexibility index (Phi) is 3.38. The summed E-state index contributed by atoms with van der Waals surface area (Å²) in [5.74, 6) is -0.0876. The lowest BCUT2D eigenvalue weighted by molar-refractivity contribution is 0.509. The van der Waals surface area contributed by atoms with Crippen LogP contribution in [0.1, 0.15) is 57.2 Å². The van der Waals surface area contributed by atoms with Crippen molar-refractivity contribution >= 4 is 0 Å². The molecular formula is C14H18FN. The van der Waals surface area contributed by atoms with Crippen molar-refractivity contribution in [2.45, 2.75) is 46.0 Å². The molecule has 0 aliphatic rings. The van der Waals surface area contributed by atoms with E-state index in [1.807, 2.05) is 34.6 Å². The molecule has 0 N–H and O–H groups in total. The van der Waals surface area contributed by atoms with Crippen molar-refractivity contribution in [3.63, 3.8) is 0 Å². The third kappa shape index (κ3) is 2.24. The van der Waals surface area contributed by atoms with Crippen molar-refractivity contribution in [3.05, 3.63) is 34.6 Å². The van der Waals surface area contributed by atoms with Gasteiger partial charge in [-0.1, -0.05) is 40.7 Å². The van der Waals surface area contributed by atoms with Crippen LogP contribution in [-0.4, -0.2) is 0 Å². The van der Waals surface area contributed by atoms with Gasteiger partial charge >= 0.3 is 0 Å². The molecule has 2 heteroatoms. The molecule has 1 aromatic carbocycles. The Morgan fingerprint density at radius 2 is 1.81 bits per heavy atom. The summed E-state index contributed by atoms with van der Waals surface area (Å²) in [6, 6.07) is 5.51. The maximum Gasteiger partial charge on any atom is 0.131 e. The summed E-state index contributed by atoms with van der Waals surface area (Å²) in [5.41, 5.74) is 1.31. The number of benzene rings is 1. The minimum Gasteiger partial charge on any atom is -0.206 e. The van der Waals surface area contributed by atoms with Crippen LogP contribution in [-0.2, 0) is 5.41 Å². The van der Waals surface area contributed by atoms with Gasteiger partial charge in [0.05, 0.1) is 11.6 Å². The molecule has 1 rings (SSSR count). The van der Waals surface area contributed by atoms with E-state index in [1.165, 1.54) is 0 Å². The maximum atomic E-state index is 14.3. The Morgan fingerprint density at radius 1 is 1.25 bits per heavy atom. The molecule has 0 aliphatic heterocycles. The molecule has 0 fully saturated rings.